The van der Waals surface area contributed by atoms with Crippen molar-refractivity contribution < 1.29 is 37.0 Å². The first-order valence-electron chi connectivity index (χ1n) is 17.4. The number of hydrogen-bond acceptors (Lipinski definition) is 4. The Morgan fingerprint density at radius 1 is 0.978 bits per heavy atom. The lowest BCUT2D eigenvalue weighted by molar-refractivity contribution is -0.284. The minimum Gasteiger partial charge on any atom is -0.508 e. The summed E-state index contributed by atoms with van der Waals surface area (Å²) in [5.74, 6) is -2.22. The van der Waals surface area contributed by atoms with Crippen LogP contribution >= 0.6 is 0 Å². The molecule has 7 atom stereocenters. The van der Waals surface area contributed by atoms with Crippen LogP contribution in [0.15, 0.2) is 18.2 Å². The molecule has 3 unspecified atom stereocenters. The fourth-order valence-corrected chi connectivity index (χ4v) is 10.1. The van der Waals surface area contributed by atoms with E-state index < -0.39 is 24.1 Å². The number of Topliss-reactive ketones (excluding diaryl/α,β-unsaturated/α-hetero) is 1. The van der Waals surface area contributed by atoms with Gasteiger partial charge in [0.1, 0.15) is 11.5 Å². The van der Waals surface area contributed by atoms with Crippen molar-refractivity contribution in [1.82, 2.24) is 4.90 Å². The van der Waals surface area contributed by atoms with Crippen molar-refractivity contribution in [3.63, 3.8) is 0 Å². The Hall–Kier alpha value is -1.74. The van der Waals surface area contributed by atoms with Gasteiger partial charge in [0.15, 0.2) is 0 Å². The SMILES string of the molecule is CN(CCCCCC[C@H]1C[C@@]2(C)C(C[C@H]3CC(=O)C[C@]32O)C2CCc3cc(O)ccc3C21)CCCCCCC(F)(F)C(F)(F)F. The summed E-state index contributed by atoms with van der Waals surface area (Å²) in [6, 6.07) is 5.90. The number of carbonyl (C=O) groups is 1. The van der Waals surface area contributed by atoms with Crippen molar-refractivity contribution in [3.05, 3.63) is 29.3 Å². The highest BCUT2D eigenvalue weighted by Gasteiger charge is 2.69. The van der Waals surface area contributed by atoms with Crippen LogP contribution in [0.25, 0.3) is 0 Å². The highest BCUT2D eigenvalue weighted by Crippen LogP contribution is 2.70. The molecule has 0 saturated heterocycles. The number of carbonyl (C=O) groups excluding carboxylic acids is 1. The van der Waals surface area contributed by atoms with Gasteiger partial charge >= 0.3 is 12.1 Å². The molecular weight excluding hydrogens is 589 g/mol. The van der Waals surface area contributed by atoms with Gasteiger partial charge in [-0.1, -0.05) is 45.1 Å². The van der Waals surface area contributed by atoms with E-state index in [9.17, 15) is 37.0 Å². The molecule has 0 aromatic heterocycles. The summed E-state index contributed by atoms with van der Waals surface area (Å²) in [4.78, 5) is 14.7. The molecule has 3 fully saturated rings. The number of aromatic hydroxyl groups is 1. The van der Waals surface area contributed by atoms with Gasteiger partial charge < -0.3 is 15.1 Å². The predicted octanol–water partition coefficient (Wildman–Crippen LogP) is 8.82. The van der Waals surface area contributed by atoms with Gasteiger partial charge in [-0.2, -0.15) is 22.0 Å². The average molecular weight is 642 g/mol. The second kappa shape index (κ2) is 13.4. The predicted molar refractivity (Wildman–Crippen MR) is 164 cm³/mol. The number of aliphatic hydroxyl groups is 1. The molecule has 9 heteroatoms. The van der Waals surface area contributed by atoms with Crippen molar-refractivity contribution in [3.8, 4) is 5.75 Å². The topological polar surface area (TPSA) is 60.8 Å². The third-order valence-corrected chi connectivity index (χ3v) is 12.4. The fourth-order valence-electron chi connectivity index (χ4n) is 10.1. The Bertz CT molecular complexity index is 1190. The van der Waals surface area contributed by atoms with Crippen LogP contribution in [-0.4, -0.2) is 58.7 Å². The molecule has 254 valence electrons. The van der Waals surface area contributed by atoms with E-state index in [1.807, 2.05) is 19.2 Å². The summed E-state index contributed by atoms with van der Waals surface area (Å²) in [7, 11) is 2.03. The summed E-state index contributed by atoms with van der Waals surface area (Å²) in [5, 5.41) is 22.2. The number of ketones is 1. The smallest absolute Gasteiger partial charge is 0.453 e. The Kier molecular flexibility index (Phi) is 10.3. The zero-order valence-corrected chi connectivity index (χ0v) is 27.0. The minimum absolute atomic E-state index is 0.0803. The van der Waals surface area contributed by atoms with Crippen molar-refractivity contribution in [1.29, 1.82) is 0 Å². The lowest BCUT2D eigenvalue weighted by atomic mass is 9.49. The van der Waals surface area contributed by atoms with Crippen LogP contribution in [0.1, 0.15) is 120 Å². The minimum atomic E-state index is -5.46. The van der Waals surface area contributed by atoms with E-state index in [1.165, 1.54) is 11.1 Å². The summed E-state index contributed by atoms with van der Waals surface area (Å²) in [6.45, 7) is 4.01. The molecule has 1 aromatic carbocycles. The number of unbranched alkanes of at least 4 members (excludes halogenated alkanes) is 6. The highest BCUT2D eigenvalue weighted by atomic mass is 19.4. The largest absolute Gasteiger partial charge is 0.508 e. The van der Waals surface area contributed by atoms with Crippen molar-refractivity contribution in [2.75, 3.05) is 20.1 Å². The Morgan fingerprint density at radius 3 is 2.33 bits per heavy atom. The van der Waals surface area contributed by atoms with Crippen LogP contribution in [0.5, 0.6) is 5.75 Å². The van der Waals surface area contributed by atoms with Crippen molar-refractivity contribution >= 4 is 5.78 Å². The quantitative estimate of drug-likeness (QED) is 0.157. The van der Waals surface area contributed by atoms with Gasteiger partial charge in [-0.3, -0.25) is 4.79 Å². The Morgan fingerprint density at radius 2 is 1.64 bits per heavy atom. The van der Waals surface area contributed by atoms with Gasteiger partial charge in [0.2, 0.25) is 0 Å². The van der Waals surface area contributed by atoms with E-state index in [0.29, 0.717) is 55.1 Å². The summed E-state index contributed by atoms with van der Waals surface area (Å²) >= 11 is 0. The zero-order chi connectivity index (χ0) is 32.6. The number of fused-ring (bicyclic) bond motifs is 7. The lowest BCUT2D eigenvalue weighted by Gasteiger charge is -2.56. The summed E-state index contributed by atoms with van der Waals surface area (Å²) < 4.78 is 62.9. The lowest BCUT2D eigenvalue weighted by Crippen LogP contribution is -2.54. The number of nitrogens with zero attached hydrogens (tertiary/aromatic N) is 1. The normalized spacial score (nSPS) is 32.8. The molecule has 0 radical (unpaired) electrons. The van der Waals surface area contributed by atoms with Crippen LogP contribution in [0.2, 0.25) is 0 Å². The maximum atomic E-state index is 13.0. The number of rotatable bonds is 14. The molecule has 0 heterocycles. The maximum absolute atomic E-state index is 13.0. The van der Waals surface area contributed by atoms with Crippen molar-refractivity contribution in [2.45, 2.75) is 133 Å². The van der Waals surface area contributed by atoms with Crippen LogP contribution in [0.3, 0.4) is 0 Å². The molecule has 45 heavy (non-hydrogen) atoms. The van der Waals surface area contributed by atoms with E-state index in [4.69, 9.17) is 0 Å². The Balaban J connectivity index is 1.08. The molecule has 0 spiro atoms. The van der Waals surface area contributed by atoms with Crippen molar-refractivity contribution in [2.24, 2.45) is 29.1 Å². The summed E-state index contributed by atoms with van der Waals surface area (Å²) in [6.07, 6.45) is 5.29. The first kappa shape index (κ1) is 34.6. The van der Waals surface area contributed by atoms with Gasteiger partial charge in [0.25, 0.3) is 0 Å². The van der Waals surface area contributed by atoms with Gasteiger partial charge in [-0.15, -0.1) is 0 Å². The van der Waals surface area contributed by atoms with Gasteiger partial charge in [0.05, 0.1) is 5.60 Å². The number of phenolic OH excluding ortho intramolecular Hbond substituents is 1. The average Bonchev–Trinajstić information content (AvgIpc) is 3.37. The third-order valence-electron chi connectivity index (χ3n) is 12.4. The summed E-state index contributed by atoms with van der Waals surface area (Å²) in [5.41, 5.74) is 1.52. The molecule has 4 aliphatic rings. The van der Waals surface area contributed by atoms with E-state index in [-0.39, 0.29) is 23.5 Å². The van der Waals surface area contributed by atoms with Gasteiger partial charge in [-0.05, 0) is 124 Å². The third kappa shape index (κ3) is 6.95. The molecule has 1 aromatic rings. The zero-order valence-electron chi connectivity index (χ0n) is 27.0. The maximum Gasteiger partial charge on any atom is 0.453 e. The number of benzene rings is 1. The molecule has 4 nitrogen and oxygen atoms in total. The van der Waals surface area contributed by atoms with Crippen LogP contribution in [0.4, 0.5) is 22.0 Å². The molecular formula is C36H52F5NO3. The first-order valence-corrected chi connectivity index (χ1v) is 17.4. The molecule has 2 N–H and O–H groups in total. The van der Waals surface area contributed by atoms with Crippen LogP contribution in [0, 0.1) is 29.1 Å². The van der Waals surface area contributed by atoms with Crippen LogP contribution in [-0.2, 0) is 11.2 Å². The molecule has 0 amide bonds. The molecule has 0 bridgehead atoms. The van der Waals surface area contributed by atoms with E-state index in [2.05, 4.69) is 17.9 Å². The molecule has 4 aliphatic carbocycles. The highest BCUT2D eigenvalue weighted by molar-refractivity contribution is 5.83. The van der Waals surface area contributed by atoms with E-state index in [0.717, 1.165) is 77.3 Å². The standard InChI is InChI=1S/C36H52F5NO3/c1-33-22-25(11-7-3-5-9-17-42(2)18-10-6-4-8-16-35(37,38)36(39,40)41)32-29-15-13-27(43)19-24(29)12-14-30(32)31(33)21-26-20-28(44)23-34(26,33)45/h13,15,19,25-26,30-32,43,45H,3-12,14,16-18,20-23H2,1-2H3/t25-,26+,30?,31?,32?,33-,34-/m0/s1. The molecule has 5 rings (SSSR count). The van der Waals surface area contributed by atoms with Crippen LogP contribution < -0.4 is 0 Å². The number of alkyl halides is 5. The number of phenols is 1. The van der Waals surface area contributed by atoms with E-state index >= 15 is 0 Å². The van der Waals surface area contributed by atoms with E-state index in [1.54, 1.807) is 0 Å². The number of aryl methyl sites for hydroxylation is 1. The second-order valence-electron chi connectivity index (χ2n) is 15.2. The number of hydrogen-bond donors (Lipinski definition) is 2. The number of halogens is 5. The first-order chi connectivity index (χ1) is 21.2. The second-order valence-corrected chi connectivity index (χ2v) is 15.2. The van der Waals surface area contributed by atoms with Gasteiger partial charge in [-0.25, -0.2) is 0 Å². The monoisotopic (exact) mass is 641 g/mol. The van der Waals surface area contributed by atoms with Gasteiger partial charge in [0, 0.05) is 24.7 Å². The molecule has 3 saturated carbocycles. The Labute approximate surface area is 265 Å². The fraction of sp³-hybridized carbons (Fsp3) is 0.806. The molecule has 0 aliphatic heterocycles.